The topological polar surface area (TPSA) is 58.1 Å². The van der Waals surface area contributed by atoms with Crippen molar-refractivity contribution in [2.24, 2.45) is 4.99 Å². The zero-order valence-corrected chi connectivity index (χ0v) is 18.0. The Kier molecular flexibility index (Phi) is 9.76. The quantitative estimate of drug-likeness (QED) is 0.358. The number of ether oxygens (including phenoxy) is 2. The Hall–Kier alpha value is -1.63. The normalized spacial score (nSPS) is 18.9. The van der Waals surface area contributed by atoms with Crippen LogP contribution in [0, 0.1) is 0 Å². The first-order valence-corrected chi connectivity index (χ1v) is 11.3. The summed E-state index contributed by atoms with van der Waals surface area (Å²) in [4.78, 5) is 7.26. The second-order valence-corrected chi connectivity index (χ2v) is 7.96. The van der Waals surface area contributed by atoms with Crippen LogP contribution in [-0.4, -0.2) is 63.0 Å². The number of aliphatic imine (C=N–C) groups is 1. The fourth-order valence-corrected chi connectivity index (χ4v) is 3.83. The zero-order valence-electron chi connectivity index (χ0n) is 18.0. The molecule has 0 bridgehead atoms. The van der Waals surface area contributed by atoms with E-state index in [1.165, 1.54) is 37.1 Å². The summed E-state index contributed by atoms with van der Waals surface area (Å²) < 4.78 is 11.3. The summed E-state index contributed by atoms with van der Waals surface area (Å²) in [5.74, 6) is 0.875. The largest absolute Gasteiger partial charge is 0.381 e. The predicted octanol–water partition coefficient (Wildman–Crippen LogP) is 2.92. The van der Waals surface area contributed by atoms with Gasteiger partial charge in [0.2, 0.25) is 0 Å². The van der Waals surface area contributed by atoms with Crippen molar-refractivity contribution in [3.8, 4) is 0 Å². The Morgan fingerprint density at radius 2 is 1.83 bits per heavy atom. The van der Waals surface area contributed by atoms with E-state index in [4.69, 9.17) is 14.5 Å². The Bertz CT molecular complexity index is 593. The fraction of sp³-hybridized carbons (Fsp3) is 0.696. The van der Waals surface area contributed by atoms with Gasteiger partial charge in [-0.15, -0.1) is 0 Å². The molecule has 6 nitrogen and oxygen atoms in total. The Labute approximate surface area is 176 Å². The molecule has 0 unspecified atom stereocenters. The van der Waals surface area contributed by atoms with Gasteiger partial charge in [-0.25, -0.2) is 4.99 Å². The van der Waals surface area contributed by atoms with Crippen LogP contribution in [0.1, 0.15) is 50.2 Å². The van der Waals surface area contributed by atoms with Crippen LogP contribution in [-0.2, 0) is 22.6 Å². The summed E-state index contributed by atoms with van der Waals surface area (Å²) in [7, 11) is 0. The minimum atomic E-state index is 0.374. The second kappa shape index (κ2) is 12.8. The maximum atomic E-state index is 5.93. The molecule has 2 N–H and O–H groups in total. The van der Waals surface area contributed by atoms with E-state index >= 15 is 0 Å². The van der Waals surface area contributed by atoms with Crippen molar-refractivity contribution in [1.82, 2.24) is 15.5 Å². The summed E-state index contributed by atoms with van der Waals surface area (Å²) in [5.41, 5.74) is 2.64. The molecule has 2 heterocycles. The minimum Gasteiger partial charge on any atom is -0.381 e. The molecule has 3 rings (SSSR count). The lowest BCUT2D eigenvalue weighted by Gasteiger charge is -2.22. The van der Waals surface area contributed by atoms with E-state index in [1.807, 2.05) is 0 Å². The number of hydrogen-bond acceptors (Lipinski definition) is 4. The molecule has 6 heteroatoms. The second-order valence-electron chi connectivity index (χ2n) is 7.96. The molecule has 1 aromatic rings. The van der Waals surface area contributed by atoms with E-state index in [1.54, 1.807) is 0 Å². The van der Waals surface area contributed by atoms with E-state index in [0.29, 0.717) is 12.6 Å². The molecule has 2 aliphatic rings. The number of rotatable bonds is 10. The van der Waals surface area contributed by atoms with Crippen LogP contribution < -0.4 is 10.6 Å². The minimum absolute atomic E-state index is 0.374. The molecule has 0 aromatic heterocycles. The first-order valence-electron chi connectivity index (χ1n) is 11.3. The molecule has 2 saturated heterocycles. The highest BCUT2D eigenvalue weighted by Gasteiger charge is 2.13. The molecular weight excluding hydrogens is 364 g/mol. The Morgan fingerprint density at radius 1 is 1.10 bits per heavy atom. The van der Waals surface area contributed by atoms with Crippen LogP contribution in [0.4, 0.5) is 0 Å². The lowest BCUT2D eigenvalue weighted by Crippen LogP contribution is -2.38. The highest BCUT2D eigenvalue weighted by atomic mass is 16.5. The SMILES string of the molecule is CCNC(=NCc1ccc(CN2CCCC2)cc1)NCCCOC1CCOCC1. The third kappa shape index (κ3) is 8.33. The van der Waals surface area contributed by atoms with Gasteiger partial charge in [0.05, 0.1) is 12.6 Å². The van der Waals surface area contributed by atoms with Gasteiger partial charge in [0, 0.05) is 39.5 Å². The van der Waals surface area contributed by atoms with Crippen LogP contribution in [0.5, 0.6) is 0 Å². The molecule has 0 spiro atoms. The number of nitrogens with one attached hydrogen (secondary N) is 2. The maximum Gasteiger partial charge on any atom is 0.191 e. The first kappa shape index (κ1) is 22.1. The molecule has 162 valence electrons. The molecule has 2 aliphatic heterocycles. The Balaban J connectivity index is 1.36. The van der Waals surface area contributed by atoms with Gasteiger partial charge < -0.3 is 20.1 Å². The van der Waals surface area contributed by atoms with Gasteiger partial charge in [-0.2, -0.15) is 0 Å². The molecule has 0 amide bonds. The lowest BCUT2D eigenvalue weighted by atomic mass is 10.1. The van der Waals surface area contributed by atoms with Crippen molar-refractivity contribution in [3.63, 3.8) is 0 Å². The average Bonchev–Trinajstić information content (AvgIpc) is 3.26. The zero-order chi connectivity index (χ0) is 20.2. The number of nitrogens with zero attached hydrogens (tertiary/aromatic N) is 2. The van der Waals surface area contributed by atoms with Crippen molar-refractivity contribution in [2.75, 3.05) is 46.0 Å². The van der Waals surface area contributed by atoms with Gasteiger partial charge in [-0.1, -0.05) is 24.3 Å². The van der Waals surface area contributed by atoms with Gasteiger partial charge in [0.15, 0.2) is 5.96 Å². The third-order valence-corrected chi connectivity index (χ3v) is 5.53. The first-order chi connectivity index (χ1) is 14.3. The molecule has 29 heavy (non-hydrogen) atoms. The van der Waals surface area contributed by atoms with Crippen LogP contribution >= 0.6 is 0 Å². The molecular formula is C23H38N4O2. The standard InChI is InChI=1S/C23H38N4O2/c1-2-24-23(25-12-5-15-29-22-10-16-28-17-11-22)26-18-20-6-8-21(9-7-20)19-27-13-3-4-14-27/h6-9,22H,2-5,10-19H2,1H3,(H2,24,25,26). The molecule has 0 aliphatic carbocycles. The van der Waals surface area contributed by atoms with Crippen LogP contribution in [0.25, 0.3) is 0 Å². The fourth-order valence-electron chi connectivity index (χ4n) is 3.83. The van der Waals surface area contributed by atoms with Crippen molar-refractivity contribution in [1.29, 1.82) is 0 Å². The van der Waals surface area contributed by atoms with Crippen molar-refractivity contribution >= 4 is 5.96 Å². The van der Waals surface area contributed by atoms with E-state index in [0.717, 1.165) is 64.7 Å². The number of hydrogen-bond donors (Lipinski definition) is 2. The highest BCUT2D eigenvalue weighted by molar-refractivity contribution is 5.79. The third-order valence-electron chi connectivity index (χ3n) is 5.53. The molecule has 2 fully saturated rings. The van der Waals surface area contributed by atoms with Crippen LogP contribution in [0.15, 0.2) is 29.3 Å². The van der Waals surface area contributed by atoms with Crippen molar-refractivity contribution in [3.05, 3.63) is 35.4 Å². The van der Waals surface area contributed by atoms with E-state index in [9.17, 15) is 0 Å². The summed E-state index contributed by atoms with van der Waals surface area (Å²) in [6.45, 7) is 10.5. The van der Waals surface area contributed by atoms with E-state index in [2.05, 4.69) is 46.7 Å². The molecule has 0 saturated carbocycles. The summed E-state index contributed by atoms with van der Waals surface area (Å²) >= 11 is 0. The number of benzene rings is 1. The number of likely N-dealkylation sites (tertiary alicyclic amines) is 1. The van der Waals surface area contributed by atoms with Crippen LogP contribution in [0.2, 0.25) is 0 Å². The van der Waals surface area contributed by atoms with Crippen LogP contribution in [0.3, 0.4) is 0 Å². The summed E-state index contributed by atoms with van der Waals surface area (Å²) in [5, 5.41) is 6.74. The highest BCUT2D eigenvalue weighted by Crippen LogP contribution is 2.14. The smallest absolute Gasteiger partial charge is 0.191 e. The molecule has 1 aromatic carbocycles. The van der Waals surface area contributed by atoms with Gasteiger partial charge in [0.1, 0.15) is 0 Å². The van der Waals surface area contributed by atoms with Crippen molar-refractivity contribution in [2.45, 2.75) is 58.2 Å². The monoisotopic (exact) mass is 402 g/mol. The molecule has 0 atom stereocenters. The van der Waals surface area contributed by atoms with Gasteiger partial charge in [-0.05, 0) is 63.2 Å². The Morgan fingerprint density at radius 3 is 2.55 bits per heavy atom. The number of guanidine groups is 1. The predicted molar refractivity (Wildman–Crippen MR) is 118 cm³/mol. The van der Waals surface area contributed by atoms with Gasteiger partial charge >= 0.3 is 0 Å². The average molecular weight is 403 g/mol. The molecule has 0 radical (unpaired) electrons. The van der Waals surface area contributed by atoms with E-state index in [-0.39, 0.29) is 0 Å². The lowest BCUT2D eigenvalue weighted by molar-refractivity contribution is -0.0320. The van der Waals surface area contributed by atoms with E-state index < -0.39 is 0 Å². The maximum absolute atomic E-state index is 5.93. The summed E-state index contributed by atoms with van der Waals surface area (Å²) in [6.07, 6.45) is 6.08. The van der Waals surface area contributed by atoms with Gasteiger partial charge in [-0.3, -0.25) is 4.90 Å². The summed E-state index contributed by atoms with van der Waals surface area (Å²) in [6, 6.07) is 8.91. The van der Waals surface area contributed by atoms with Gasteiger partial charge in [0.25, 0.3) is 0 Å². The van der Waals surface area contributed by atoms with Crippen molar-refractivity contribution < 1.29 is 9.47 Å².